The molecule has 0 radical (unpaired) electrons. The molecule has 0 saturated heterocycles. The molecule has 3 aromatic carbocycles. The van der Waals surface area contributed by atoms with Gasteiger partial charge in [0.15, 0.2) is 0 Å². The zero-order valence-electron chi connectivity index (χ0n) is 13.3. The molecular formula is C21H15NO3. The molecule has 0 spiro atoms. The first-order valence-corrected chi connectivity index (χ1v) is 7.99. The molecular weight excluding hydrogens is 314 g/mol. The molecule has 0 fully saturated rings. The van der Waals surface area contributed by atoms with Gasteiger partial charge in [-0.1, -0.05) is 60.7 Å². The van der Waals surface area contributed by atoms with E-state index >= 15 is 0 Å². The van der Waals surface area contributed by atoms with Gasteiger partial charge in [-0.25, -0.2) is 4.79 Å². The molecule has 3 aromatic rings. The molecule has 0 saturated carbocycles. The van der Waals surface area contributed by atoms with Crippen LogP contribution in [-0.2, 0) is 4.74 Å². The molecule has 4 heteroatoms. The number of anilines is 1. The summed E-state index contributed by atoms with van der Waals surface area (Å²) in [6, 6.07) is 25.3. The molecule has 4 rings (SSSR count). The van der Waals surface area contributed by atoms with Crippen LogP contribution in [-0.4, -0.2) is 11.9 Å². The highest BCUT2D eigenvalue weighted by atomic mass is 16.6. The van der Waals surface area contributed by atoms with E-state index in [0.29, 0.717) is 16.8 Å². The minimum absolute atomic E-state index is 0.214. The van der Waals surface area contributed by atoms with E-state index in [2.05, 4.69) is 0 Å². The second-order valence-electron chi connectivity index (χ2n) is 5.73. The number of esters is 1. The molecule has 0 aromatic heterocycles. The van der Waals surface area contributed by atoms with Gasteiger partial charge in [-0.3, -0.25) is 9.69 Å². The summed E-state index contributed by atoms with van der Waals surface area (Å²) in [7, 11) is 0. The fraction of sp³-hybridized carbons (Fsp3) is 0.0476. The van der Waals surface area contributed by atoms with Crippen LogP contribution in [0.3, 0.4) is 0 Å². The number of carbonyl (C=O) groups is 2. The van der Waals surface area contributed by atoms with E-state index in [4.69, 9.17) is 4.74 Å². The quantitative estimate of drug-likeness (QED) is 0.662. The molecule has 1 heterocycles. The lowest BCUT2D eigenvalue weighted by molar-refractivity contribution is 0.0249. The van der Waals surface area contributed by atoms with Gasteiger partial charge in [0.25, 0.3) is 5.91 Å². The van der Waals surface area contributed by atoms with E-state index in [-0.39, 0.29) is 5.91 Å². The Hall–Kier alpha value is -3.40. The van der Waals surface area contributed by atoms with Crippen molar-refractivity contribution in [3.63, 3.8) is 0 Å². The van der Waals surface area contributed by atoms with Gasteiger partial charge in [-0.05, 0) is 24.3 Å². The number of nitrogens with zero attached hydrogens (tertiary/aromatic N) is 1. The molecule has 1 atom stereocenters. The van der Waals surface area contributed by atoms with Crippen LogP contribution in [0.5, 0.6) is 0 Å². The Kier molecular flexibility index (Phi) is 3.78. The highest BCUT2D eigenvalue weighted by molar-refractivity contribution is 6.11. The van der Waals surface area contributed by atoms with Gasteiger partial charge >= 0.3 is 5.97 Å². The number of benzene rings is 3. The van der Waals surface area contributed by atoms with Crippen LogP contribution in [0.15, 0.2) is 84.9 Å². The average Bonchev–Trinajstić information content (AvgIpc) is 2.69. The van der Waals surface area contributed by atoms with Crippen LogP contribution >= 0.6 is 0 Å². The number of amides is 1. The first-order valence-electron chi connectivity index (χ1n) is 7.99. The number of cyclic esters (lactones) is 1. The maximum atomic E-state index is 13.2. The zero-order chi connectivity index (χ0) is 17.2. The summed E-state index contributed by atoms with van der Waals surface area (Å²) in [4.78, 5) is 27.1. The van der Waals surface area contributed by atoms with E-state index in [1.165, 1.54) is 0 Å². The third-order valence-electron chi connectivity index (χ3n) is 4.16. The first-order chi connectivity index (χ1) is 12.3. The van der Waals surface area contributed by atoms with Crippen molar-refractivity contribution in [2.45, 2.75) is 6.23 Å². The molecule has 0 N–H and O–H groups in total. The lowest BCUT2D eigenvalue weighted by atomic mass is 10.0. The van der Waals surface area contributed by atoms with E-state index in [0.717, 1.165) is 5.56 Å². The topological polar surface area (TPSA) is 46.6 Å². The second-order valence-corrected chi connectivity index (χ2v) is 5.73. The molecule has 122 valence electrons. The minimum Gasteiger partial charge on any atom is -0.433 e. The summed E-state index contributed by atoms with van der Waals surface area (Å²) < 4.78 is 5.62. The first kappa shape index (κ1) is 15.1. The Bertz CT molecular complexity index is 922. The lowest BCUT2D eigenvalue weighted by Gasteiger charge is -2.36. The van der Waals surface area contributed by atoms with Crippen molar-refractivity contribution in [1.82, 2.24) is 0 Å². The minimum atomic E-state index is -0.795. The smallest absolute Gasteiger partial charge is 0.342 e. The number of rotatable bonds is 2. The van der Waals surface area contributed by atoms with Gasteiger partial charge in [0.05, 0.1) is 11.3 Å². The van der Waals surface area contributed by atoms with E-state index in [9.17, 15) is 9.59 Å². The van der Waals surface area contributed by atoms with Crippen molar-refractivity contribution < 1.29 is 14.3 Å². The molecule has 0 bridgehead atoms. The Morgan fingerprint density at radius 2 is 1.40 bits per heavy atom. The van der Waals surface area contributed by atoms with Gasteiger partial charge in [-0.2, -0.15) is 0 Å². The van der Waals surface area contributed by atoms with Crippen LogP contribution in [0.2, 0.25) is 0 Å². The summed E-state index contributed by atoms with van der Waals surface area (Å²) in [5, 5.41) is 0. The van der Waals surface area contributed by atoms with Crippen molar-refractivity contribution in [2.24, 2.45) is 0 Å². The van der Waals surface area contributed by atoms with Crippen molar-refractivity contribution in [3.8, 4) is 0 Å². The SMILES string of the molecule is O=C1O[C@@H](c2ccccc2)N(C(=O)c2ccccc2)c2ccccc21. The van der Waals surface area contributed by atoms with Crippen molar-refractivity contribution in [2.75, 3.05) is 4.90 Å². The normalized spacial score (nSPS) is 16.1. The lowest BCUT2D eigenvalue weighted by Crippen LogP contribution is -2.41. The predicted octanol–water partition coefficient (Wildman–Crippen LogP) is 4.20. The largest absolute Gasteiger partial charge is 0.433 e. The third kappa shape index (κ3) is 2.68. The number of hydrogen-bond acceptors (Lipinski definition) is 3. The Balaban J connectivity index is 1.87. The summed E-state index contributed by atoms with van der Waals surface area (Å²) in [5.41, 5.74) is 2.23. The van der Waals surface area contributed by atoms with Crippen LogP contribution in [0.1, 0.15) is 32.5 Å². The second kappa shape index (κ2) is 6.24. The number of hydrogen-bond donors (Lipinski definition) is 0. The van der Waals surface area contributed by atoms with Crippen LogP contribution < -0.4 is 4.90 Å². The van der Waals surface area contributed by atoms with Gasteiger partial charge in [-0.15, -0.1) is 0 Å². The molecule has 1 amide bonds. The highest BCUT2D eigenvalue weighted by Crippen LogP contribution is 2.37. The fourth-order valence-corrected chi connectivity index (χ4v) is 2.97. The Labute approximate surface area is 145 Å². The number of para-hydroxylation sites is 1. The highest BCUT2D eigenvalue weighted by Gasteiger charge is 2.37. The van der Waals surface area contributed by atoms with Gasteiger partial charge in [0.2, 0.25) is 6.23 Å². The van der Waals surface area contributed by atoms with Crippen LogP contribution in [0, 0.1) is 0 Å². The standard InChI is InChI=1S/C21H15NO3/c23-19(15-9-3-1-4-10-15)22-18-14-8-7-13-17(18)21(24)25-20(22)16-11-5-2-6-12-16/h1-14,20H/t20-/m0/s1. The Morgan fingerprint density at radius 3 is 2.12 bits per heavy atom. The molecule has 25 heavy (non-hydrogen) atoms. The van der Waals surface area contributed by atoms with Gasteiger partial charge < -0.3 is 4.74 Å². The molecule has 0 unspecified atom stereocenters. The number of carbonyl (C=O) groups excluding carboxylic acids is 2. The number of fused-ring (bicyclic) bond motifs is 1. The summed E-state index contributed by atoms with van der Waals surface area (Å²) in [5.74, 6) is -0.643. The van der Waals surface area contributed by atoms with E-state index in [1.54, 1.807) is 35.2 Å². The predicted molar refractivity (Wildman–Crippen MR) is 94.3 cm³/mol. The molecule has 1 aliphatic rings. The monoisotopic (exact) mass is 329 g/mol. The van der Waals surface area contributed by atoms with E-state index in [1.807, 2.05) is 54.6 Å². The fourth-order valence-electron chi connectivity index (χ4n) is 2.97. The Morgan fingerprint density at radius 1 is 0.800 bits per heavy atom. The maximum absolute atomic E-state index is 13.2. The summed E-state index contributed by atoms with van der Waals surface area (Å²) >= 11 is 0. The third-order valence-corrected chi connectivity index (χ3v) is 4.16. The summed E-state index contributed by atoms with van der Waals surface area (Å²) in [6.45, 7) is 0. The molecule has 1 aliphatic heterocycles. The van der Waals surface area contributed by atoms with Crippen LogP contribution in [0.25, 0.3) is 0 Å². The van der Waals surface area contributed by atoms with Crippen molar-refractivity contribution in [1.29, 1.82) is 0 Å². The van der Waals surface area contributed by atoms with Gasteiger partial charge in [0.1, 0.15) is 0 Å². The zero-order valence-corrected chi connectivity index (χ0v) is 13.3. The van der Waals surface area contributed by atoms with E-state index < -0.39 is 12.2 Å². The maximum Gasteiger partial charge on any atom is 0.342 e. The van der Waals surface area contributed by atoms with Crippen LogP contribution in [0.4, 0.5) is 5.69 Å². The number of ether oxygens (including phenoxy) is 1. The molecule has 4 nitrogen and oxygen atoms in total. The van der Waals surface area contributed by atoms with Gasteiger partial charge in [0, 0.05) is 11.1 Å². The van der Waals surface area contributed by atoms with Crippen molar-refractivity contribution >= 4 is 17.6 Å². The van der Waals surface area contributed by atoms with Crippen molar-refractivity contribution in [3.05, 3.63) is 102 Å². The molecule has 0 aliphatic carbocycles. The average molecular weight is 329 g/mol. The summed E-state index contributed by atoms with van der Waals surface area (Å²) in [6.07, 6.45) is -0.795.